The van der Waals surface area contributed by atoms with E-state index in [1.54, 1.807) is 12.5 Å². The number of rotatable bonds is 10. The molecule has 1 saturated carbocycles. The quantitative estimate of drug-likeness (QED) is 0.257. The highest BCUT2D eigenvalue weighted by atomic mass is 32.1. The van der Waals surface area contributed by atoms with Crippen molar-refractivity contribution in [1.29, 1.82) is 0 Å². The van der Waals surface area contributed by atoms with E-state index >= 15 is 0 Å². The van der Waals surface area contributed by atoms with Crippen LogP contribution in [0.5, 0.6) is 0 Å². The fraction of sp³-hybridized carbons (Fsp3) is 0.609. The summed E-state index contributed by atoms with van der Waals surface area (Å²) in [6.45, 7) is 2.05. The Balaban J connectivity index is 2.08. The fourth-order valence-electron chi connectivity index (χ4n) is 4.35. The normalized spacial score (nSPS) is 17.4. The second-order valence-corrected chi connectivity index (χ2v) is 8.84. The zero-order valence-corrected chi connectivity index (χ0v) is 18.8. The summed E-state index contributed by atoms with van der Waals surface area (Å²) < 4.78 is 0. The van der Waals surface area contributed by atoms with E-state index in [1.165, 1.54) is 32.1 Å². The van der Waals surface area contributed by atoms with Crippen LogP contribution in [0.1, 0.15) is 69.8 Å². The first-order chi connectivity index (χ1) is 14.4. The van der Waals surface area contributed by atoms with Gasteiger partial charge in [-0.05, 0) is 30.2 Å². The number of nitrogens with one attached hydrogen (secondary N) is 3. The molecule has 166 valence electrons. The molecule has 0 saturated heterocycles. The van der Waals surface area contributed by atoms with E-state index in [4.69, 9.17) is 17.4 Å². The third kappa shape index (κ3) is 7.69. The van der Waals surface area contributed by atoms with Gasteiger partial charge < -0.3 is 10.6 Å². The van der Waals surface area contributed by atoms with Gasteiger partial charge in [0, 0.05) is 19.4 Å². The van der Waals surface area contributed by atoms with Crippen LogP contribution >= 0.6 is 12.2 Å². The van der Waals surface area contributed by atoms with Gasteiger partial charge in [0.05, 0.1) is 11.0 Å². The van der Waals surface area contributed by atoms with Gasteiger partial charge >= 0.3 is 0 Å². The highest BCUT2D eigenvalue weighted by Crippen LogP contribution is 2.29. The van der Waals surface area contributed by atoms with Crippen molar-refractivity contribution in [2.24, 2.45) is 11.8 Å². The number of benzene rings is 1. The summed E-state index contributed by atoms with van der Waals surface area (Å²) >= 11 is 5.48. The Labute approximate surface area is 185 Å². The molecule has 1 aliphatic carbocycles. The minimum absolute atomic E-state index is 0.0675. The SMILES string of the molecule is CNC(=S)[C@H](CC1CCCCC1)NC(=O)[C@@H](CC(=O)NO)CC(C)c1ccccc1. The first kappa shape index (κ1) is 24.3. The predicted molar refractivity (Wildman–Crippen MR) is 122 cm³/mol. The summed E-state index contributed by atoms with van der Waals surface area (Å²) in [5, 5.41) is 15.1. The summed E-state index contributed by atoms with van der Waals surface area (Å²) in [5.74, 6) is -0.657. The molecule has 2 amide bonds. The van der Waals surface area contributed by atoms with E-state index in [0.29, 0.717) is 17.3 Å². The highest BCUT2D eigenvalue weighted by Gasteiger charge is 2.29. The lowest BCUT2D eigenvalue weighted by atomic mass is 9.84. The Morgan fingerprint density at radius 2 is 1.83 bits per heavy atom. The zero-order chi connectivity index (χ0) is 21.9. The molecule has 6 nitrogen and oxygen atoms in total. The number of carbonyl (C=O) groups is 2. The van der Waals surface area contributed by atoms with E-state index < -0.39 is 11.8 Å². The van der Waals surface area contributed by atoms with Crippen LogP contribution in [0, 0.1) is 11.8 Å². The van der Waals surface area contributed by atoms with Crippen LogP contribution in [-0.4, -0.2) is 35.1 Å². The van der Waals surface area contributed by atoms with Gasteiger partial charge in [-0.2, -0.15) is 0 Å². The maximum absolute atomic E-state index is 13.2. The largest absolute Gasteiger partial charge is 0.381 e. The third-order valence-electron chi connectivity index (χ3n) is 6.11. The number of hydrogen-bond donors (Lipinski definition) is 4. The fourth-order valence-corrected chi connectivity index (χ4v) is 4.50. The number of amides is 2. The van der Waals surface area contributed by atoms with Gasteiger partial charge in [0.2, 0.25) is 11.8 Å². The lowest BCUT2D eigenvalue weighted by Crippen LogP contribution is -2.48. The average molecular weight is 434 g/mol. The van der Waals surface area contributed by atoms with Gasteiger partial charge in [-0.25, -0.2) is 5.48 Å². The number of hydroxylamine groups is 1. The van der Waals surface area contributed by atoms with Crippen molar-refractivity contribution >= 4 is 29.0 Å². The Hall–Kier alpha value is -1.99. The van der Waals surface area contributed by atoms with E-state index in [-0.39, 0.29) is 24.3 Å². The number of hydrogen-bond acceptors (Lipinski definition) is 4. The molecule has 0 spiro atoms. The van der Waals surface area contributed by atoms with Gasteiger partial charge in [0.1, 0.15) is 0 Å². The Kier molecular flexibility index (Phi) is 10.2. The highest BCUT2D eigenvalue weighted by molar-refractivity contribution is 7.80. The van der Waals surface area contributed by atoms with Crippen LogP contribution in [0.3, 0.4) is 0 Å². The molecule has 1 aromatic rings. The summed E-state index contributed by atoms with van der Waals surface area (Å²) in [5.41, 5.74) is 2.77. The molecule has 30 heavy (non-hydrogen) atoms. The molecule has 2 rings (SSSR count). The molecule has 4 N–H and O–H groups in total. The maximum atomic E-state index is 13.2. The molecule has 1 aromatic carbocycles. The monoisotopic (exact) mass is 433 g/mol. The van der Waals surface area contributed by atoms with Crippen LogP contribution in [0.15, 0.2) is 30.3 Å². The van der Waals surface area contributed by atoms with Gasteiger partial charge in [-0.1, -0.05) is 81.6 Å². The Morgan fingerprint density at radius 3 is 2.43 bits per heavy atom. The second kappa shape index (κ2) is 12.6. The van der Waals surface area contributed by atoms with Gasteiger partial charge in [0.15, 0.2) is 0 Å². The summed E-state index contributed by atoms with van der Waals surface area (Å²) in [6, 6.07) is 9.68. The average Bonchev–Trinajstić information content (AvgIpc) is 2.78. The minimum atomic E-state index is -0.560. The van der Waals surface area contributed by atoms with E-state index in [0.717, 1.165) is 12.0 Å². The smallest absolute Gasteiger partial charge is 0.244 e. The van der Waals surface area contributed by atoms with Crippen molar-refractivity contribution in [3.8, 4) is 0 Å². The van der Waals surface area contributed by atoms with Crippen LogP contribution in [0.2, 0.25) is 0 Å². The van der Waals surface area contributed by atoms with Gasteiger partial charge in [-0.15, -0.1) is 0 Å². The van der Waals surface area contributed by atoms with Gasteiger partial charge in [-0.3, -0.25) is 14.8 Å². The molecule has 0 bridgehead atoms. The van der Waals surface area contributed by atoms with Gasteiger partial charge in [0.25, 0.3) is 0 Å². The van der Waals surface area contributed by atoms with Crippen LogP contribution in [0.25, 0.3) is 0 Å². The Bertz CT molecular complexity index is 692. The van der Waals surface area contributed by atoms with Crippen LogP contribution in [-0.2, 0) is 9.59 Å². The molecule has 0 radical (unpaired) electrons. The predicted octanol–water partition coefficient (Wildman–Crippen LogP) is 3.69. The molecule has 1 unspecified atom stereocenters. The summed E-state index contributed by atoms with van der Waals surface area (Å²) in [6.07, 6.45) is 7.32. The summed E-state index contributed by atoms with van der Waals surface area (Å²) in [7, 11) is 1.77. The topological polar surface area (TPSA) is 90.5 Å². The molecule has 0 aliphatic heterocycles. The standard InChI is InChI=1S/C23H35N3O3S/c1-16(18-11-7-4-8-12-18)13-19(15-21(27)26-29)22(28)25-20(23(30)24-2)14-17-9-5-3-6-10-17/h4,7-8,11-12,16-17,19-20,29H,3,5-6,9-10,13-15H2,1-2H3,(H,24,30)(H,25,28)(H,26,27)/t16?,19-,20+/m1/s1. The van der Waals surface area contributed by atoms with E-state index in [1.807, 2.05) is 37.3 Å². The molecule has 3 atom stereocenters. The van der Waals surface area contributed by atoms with E-state index in [9.17, 15) is 9.59 Å². The minimum Gasteiger partial charge on any atom is -0.381 e. The van der Waals surface area contributed by atoms with Crippen molar-refractivity contribution < 1.29 is 14.8 Å². The van der Waals surface area contributed by atoms with Crippen LogP contribution in [0.4, 0.5) is 0 Å². The first-order valence-corrected chi connectivity index (χ1v) is 11.3. The van der Waals surface area contributed by atoms with Crippen molar-refractivity contribution in [1.82, 2.24) is 16.1 Å². The Morgan fingerprint density at radius 1 is 1.17 bits per heavy atom. The first-order valence-electron chi connectivity index (χ1n) is 10.9. The van der Waals surface area contributed by atoms with Crippen molar-refractivity contribution in [3.63, 3.8) is 0 Å². The van der Waals surface area contributed by atoms with Crippen molar-refractivity contribution in [2.45, 2.75) is 70.3 Å². The molecule has 1 fully saturated rings. The number of likely N-dealkylation sites (N-methyl/N-ethyl adjacent to an activating group) is 1. The van der Waals surface area contributed by atoms with E-state index in [2.05, 4.69) is 10.6 Å². The molecular weight excluding hydrogens is 398 g/mol. The van der Waals surface area contributed by atoms with Crippen LogP contribution < -0.4 is 16.1 Å². The molecule has 0 heterocycles. The second-order valence-electron chi connectivity index (χ2n) is 8.40. The zero-order valence-electron chi connectivity index (χ0n) is 18.0. The lowest BCUT2D eigenvalue weighted by Gasteiger charge is -2.29. The lowest BCUT2D eigenvalue weighted by molar-refractivity contribution is -0.135. The molecule has 1 aliphatic rings. The molecule has 0 aromatic heterocycles. The van der Waals surface area contributed by atoms with Crippen molar-refractivity contribution in [3.05, 3.63) is 35.9 Å². The summed E-state index contributed by atoms with van der Waals surface area (Å²) in [4.78, 5) is 25.7. The maximum Gasteiger partial charge on any atom is 0.244 e. The molecule has 7 heteroatoms. The third-order valence-corrected chi connectivity index (χ3v) is 6.60. The number of thiocarbonyl (C=S) groups is 1. The number of carbonyl (C=O) groups excluding carboxylic acids is 2. The van der Waals surface area contributed by atoms with Crippen molar-refractivity contribution in [2.75, 3.05) is 7.05 Å². The molecular formula is C23H35N3O3S.